The highest BCUT2D eigenvalue weighted by atomic mass is 16.5. The van der Waals surface area contributed by atoms with E-state index in [0.29, 0.717) is 16.8 Å². The maximum absolute atomic E-state index is 14.0. The molecule has 0 saturated carbocycles. The average Bonchev–Trinajstić information content (AvgIpc) is 3.50. The van der Waals surface area contributed by atoms with Gasteiger partial charge in [-0.1, -0.05) is 78.4 Å². The number of hydrogen-bond acceptors (Lipinski definition) is 6. The third kappa shape index (κ3) is 4.05. The van der Waals surface area contributed by atoms with E-state index >= 15 is 0 Å². The summed E-state index contributed by atoms with van der Waals surface area (Å²) in [6.07, 6.45) is 3.84. The number of anilines is 2. The number of benzene rings is 4. The van der Waals surface area contributed by atoms with Gasteiger partial charge in [-0.2, -0.15) is 0 Å². The summed E-state index contributed by atoms with van der Waals surface area (Å²) in [6, 6.07) is 28.6. The van der Waals surface area contributed by atoms with Crippen molar-refractivity contribution in [3.05, 3.63) is 131 Å². The predicted octanol–water partition coefficient (Wildman–Crippen LogP) is 5.22. The van der Waals surface area contributed by atoms with Gasteiger partial charge < -0.3 is 9.64 Å². The number of rotatable bonds is 5. The summed E-state index contributed by atoms with van der Waals surface area (Å²) >= 11 is 0. The molecule has 3 aliphatic heterocycles. The lowest BCUT2D eigenvalue weighted by atomic mass is 9.89. The second kappa shape index (κ2) is 9.96. The molecule has 7 rings (SSSR count). The number of ether oxygens (including phenoxy) is 1. The average molecular weight is 555 g/mol. The van der Waals surface area contributed by atoms with Crippen molar-refractivity contribution in [2.24, 2.45) is 11.8 Å². The van der Waals surface area contributed by atoms with Crippen LogP contribution in [0.15, 0.2) is 109 Å². The number of carbonyl (C=O) groups is 4. The Morgan fingerprint density at radius 2 is 1.36 bits per heavy atom. The molecule has 3 aliphatic rings. The molecule has 2 fully saturated rings. The van der Waals surface area contributed by atoms with E-state index in [1.165, 1.54) is 4.90 Å². The molecule has 42 heavy (non-hydrogen) atoms. The fourth-order valence-electron chi connectivity index (χ4n) is 6.34. The van der Waals surface area contributed by atoms with Gasteiger partial charge in [0.05, 0.1) is 23.6 Å². The quantitative estimate of drug-likeness (QED) is 0.146. The minimum Gasteiger partial charge on any atom is -0.425 e. The van der Waals surface area contributed by atoms with E-state index in [1.807, 2.05) is 66.4 Å². The van der Waals surface area contributed by atoms with E-state index in [1.54, 1.807) is 60.7 Å². The Kier molecular flexibility index (Phi) is 6.08. The van der Waals surface area contributed by atoms with Gasteiger partial charge in [0.15, 0.2) is 5.78 Å². The summed E-state index contributed by atoms with van der Waals surface area (Å²) in [5.41, 5.74) is 4.18. The molecule has 0 aromatic heterocycles. The second-order valence-corrected chi connectivity index (χ2v) is 10.8. The van der Waals surface area contributed by atoms with E-state index in [9.17, 15) is 19.2 Å². The van der Waals surface area contributed by atoms with Crippen LogP contribution in [0.4, 0.5) is 11.4 Å². The lowest BCUT2D eigenvalue weighted by Gasteiger charge is -2.36. The van der Waals surface area contributed by atoms with E-state index in [4.69, 9.17) is 4.74 Å². The number of para-hydroxylation sites is 1. The first-order chi connectivity index (χ1) is 20.4. The summed E-state index contributed by atoms with van der Waals surface area (Å²) in [4.78, 5) is 57.7. The molecule has 4 aromatic rings. The van der Waals surface area contributed by atoms with Crippen molar-refractivity contribution in [3.63, 3.8) is 0 Å². The molecule has 2 amide bonds. The molecule has 0 aliphatic carbocycles. The Balaban J connectivity index is 1.22. The number of nitrogens with zero attached hydrogens (tertiary/aromatic N) is 2. The first-order valence-electron chi connectivity index (χ1n) is 13.8. The molecule has 3 heterocycles. The van der Waals surface area contributed by atoms with Gasteiger partial charge in [-0.15, -0.1) is 0 Å². The number of aryl methyl sites for hydroxylation is 1. The Bertz CT molecular complexity index is 1760. The van der Waals surface area contributed by atoms with Gasteiger partial charge >= 0.3 is 5.97 Å². The number of carbonyl (C=O) groups excluding carboxylic acids is 4. The van der Waals surface area contributed by atoms with Crippen molar-refractivity contribution in [2.45, 2.75) is 19.0 Å². The van der Waals surface area contributed by atoms with Gasteiger partial charge in [0.1, 0.15) is 11.8 Å². The van der Waals surface area contributed by atoms with Gasteiger partial charge in [0, 0.05) is 16.8 Å². The smallest absolute Gasteiger partial charge is 0.335 e. The van der Waals surface area contributed by atoms with Crippen LogP contribution in [0.2, 0.25) is 0 Å². The van der Waals surface area contributed by atoms with Crippen LogP contribution in [0.5, 0.6) is 5.75 Å². The molecule has 4 aromatic carbocycles. The largest absolute Gasteiger partial charge is 0.425 e. The van der Waals surface area contributed by atoms with Gasteiger partial charge in [-0.25, -0.2) is 9.69 Å². The lowest BCUT2D eigenvalue weighted by Crippen LogP contribution is -2.50. The highest BCUT2D eigenvalue weighted by Crippen LogP contribution is 2.49. The van der Waals surface area contributed by atoms with Crippen LogP contribution >= 0.6 is 0 Å². The zero-order valence-corrected chi connectivity index (χ0v) is 22.7. The molecular formula is C35H26N2O5. The number of hydrogen-bond donors (Lipinski definition) is 0. The van der Waals surface area contributed by atoms with Crippen molar-refractivity contribution in [2.75, 3.05) is 9.80 Å². The second-order valence-electron chi connectivity index (χ2n) is 10.8. The molecule has 7 nitrogen and oxygen atoms in total. The number of esters is 1. The summed E-state index contributed by atoms with van der Waals surface area (Å²) in [5, 5.41) is 0. The Labute approximate surface area is 242 Å². The fourth-order valence-corrected chi connectivity index (χ4v) is 6.34. The van der Waals surface area contributed by atoms with Crippen LogP contribution in [0, 0.1) is 18.8 Å². The molecule has 0 N–H and O–H groups in total. The molecule has 4 atom stereocenters. The first-order valence-corrected chi connectivity index (χ1v) is 13.8. The van der Waals surface area contributed by atoms with Crippen molar-refractivity contribution in [1.82, 2.24) is 0 Å². The van der Waals surface area contributed by atoms with Crippen LogP contribution < -0.4 is 14.5 Å². The maximum Gasteiger partial charge on any atom is 0.335 e. The highest BCUT2D eigenvalue weighted by Gasteiger charge is 2.65. The Morgan fingerprint density at radius 1 is 0.714 bits per heavy atom. The normalized spacial score (nSPS) is 22.0. The minimum absolute atomic E-state index is 0.141. The lowest BCUT2D eigenvalue weighted by molar-refractivity contribution is -0.139. The monoisotopic (exact) mass is 554 g/mol. The molecule has 0 radical (unpaired) electrons. The minimum atomic E-state index is -1.02. The third-order valence-electron chi connectivity index (χ3n) is 8.32. The van der Waals surface area contributed by atoms with Gasteiger partial charge in [-0.05, 0) is 55.0 Å². The van der Waals surface area contributed by atoms with Crippen LogP contribution in [0.3, 0.4) is 0 Å². The summed E-state index contributed by atoms with van der Waals surface area (Å²) in [7, 11) is 0. The maximum atomic E-state index is 14.0. The zero-order valence-electron chi connectivity index (χ0n) is 22.7. The van der Waals surface area contributed by atoms with Gasteiger partial charge in [-0.3, -0.25) is 14.4 Å². The van der Waals surface area contributed by atoms with Crippen molar-refractivity contribution >= 4 is 41.0 Å². The van der Waals surface area contributed by atoms with Crippen LogP contribution in [0.25, 0.3) is 6.08 Å². The van der Waals surface area contributed by atoms with Crippen LogP contribution in [0.1, 0.15) is 27.0 Å². The van der Waals surface area contributed by atoms with Crippen molar-refractivity contribution in [1.29, 1.82) is 0 Å². The van der Waals surface area contributed by atoms with E-state index < -0.39 is 35.8 Å². The van der Waals surface area contributed by atoms with Gasteiger partial charge in [0.25, 0.3) is 0 Å². The van der Waals surface area contributed by atoms with E-state index in [2.05, 4.69) is 0 Å². The molecule has 0 bridgehead atoms. The molecule has 7 heteroatoms. The van der Waals surface area contributed by atoms with Crippen molar-refractivity contribution < 1.29 is 23.9 Å². The standard InChI is InChI=1S/C35H26N2O5/c1-21-11-16-25(17-12-21)36-33(39)29-28-20-15-22-7-5-6-10-27(22)37(28)31(30(29)34(36)40)35(41)42-26-18-13-24(14-19-26)32(38)23-8-3-2-4-9-23/h2-20,28-31H,1H3/t28-,29+,30+,31-/m0/s1. The van der Waals surface area contributed by atoms with E-state index in [0.717, 1.165) is 16.8 Å². The summed E-state index contributed by atoms with van der Waals surface area (Å²) in [6.45, 7) is 1.93. The summed E-state index contributed by atoms with van der Waals surface area (Å²) in [5.74, 6) is -2.94. The van der Waals surface area contributed by atoms with Crippen molar-refractivity contribution in [3.8, 4) is 5.75 Å². The number of ketones is 1. The Hall–Kier alpha value is -5.30. The third-order valence-corrected chi connectivity index (χ3v) is 8.32. The summed E-state index contributed by atoms with van der Waals surface area (Å²) < 4.78 is 5.85. The number of imide groups is 1. The molecule has 206 valence electrons. The molecular weight excluding hydrogens is 528 g/mol. The van der Waals surface area contributed by atoms with Crippen LogP contribution in [-0.2, 0) is 14.4 Å². The molecule has 0 unspecified atom stereocenters. The zero-order chi connectivity index (χ0) is 29.0. The fraction of sp³-hybridized carbons (Fsp3) is 0.143. The van der Waals surface area contributed by atoms with E-state index in [-0.39, 0.29) is 17.4 Å². The molecule has 2 saturated heterocycles. The van der Waals surface area contributed by atoms with Crippen LogP contribution in [-0.4, -0.2) is 35.7 Å². The number of amides is 2. The molecule has 0 spiro atoms. The highest BCUT2D eigenvalue weighted by molar-refractivity contribution is 6.24. The van der Waals surface area contributed by atoms with Gasteiger partial charge in [0.2, 0.25) is 11.8 Å². The SMILES string of the molecule is Cc1ccc(N2C(=O)[C@@H]3[C@H](C2=O)[C@@H]2C=Cc4ccccc4N2[C@@H]3C(=O)Oc2ccc(C(=O)c3ccccc3)cc2)cc1. The topological polar surface area (TPSA) is 84.0 Å². The Morgan fingerprint density at radius 3 is 2.10 bits per heavy atom. The number of fused-ring (bicyclic) bond motifs is 5. The predicted molar refractivity (Wildman–Crippen MR) is 158 cm³/mol. The first kappa shape index (κ1) is 25.7.